The topological polar surface area (TPSA) is 192 Å². The number of amides is 5. The van der Waals surface area contributed by atoms with Crippen molar-refractivity contribution < 1.29 is 48.1 Å². The number of esters is 1. The number of hydrogen-bond donors (Lipinski definition) is 3. The summed E-state index contributed by atoms with van der Waals surface area (Å²) in [7, 11) is 1.14. The Labute approximate surface area is 350 Å². The van der Waals surface area contributed by atoms with Crippen LogP contribution in [0.3, 0.4) is 0 Å². The van der Waals surface area contributed by atoms with E-state index in [-0.39, 0.29) is 44.9 Å². The number of ether oxygens (including phenoxy) is 2. The predicted molar refractivity (Wildman–Crippen MR) is 218 cm³/mol. The van der Waals surface area contributed by atoms with E-state index in [0.29, 0.717) is 0 Å². The van der Waals surface area contributed by atoms with Gasteiger partial charge in [0.05, 0.1) is 26.1 Å². The lowest BCUT2D eigenvalue weighted by atomic mass is 9.83. The lowest BCUT2D eigenvalue weighted by Crippen LogP contribution is -2.70. The Morgan fingerprint density at radius 2 is 1.48 bits per heavy atom. The average Bonchev–Trinajstić information content (AvgIpc) is 3.94. The maximum absolute atomic E-state index is 14.8. The Morgan fingerprint density at radius 3 is 2.16 bits per heavy atom. The van der Waals surface area contributed by atoms with Gasteiger partial charge in [0.25, 0.3) is 5.91 Å². The maximum Gasteiger partial charge on any atom is 0.408 e. The highest BCUT2D eigenvalue weighted by atomic mass is 16.6. The van der Waals surface area contributed by atoms with Crippen LogP contribution in [0.2, 0.25) is 0 Å². The number of fused-ring (bicyclic) bond motifs is 6. The van der Waals surface area contributed by atoms with Gasteiger partial charge in [0.1, 0.15) is 29.8 Å². The third kappa shape index (κ3) is 6.19. The molecule has 3 N–H and O–H groups in total. The Kier molecular flexibility index (Phi) is 9.40. The fourth-order valence-corrected chi connectivity index (χ4v) is 10.5. The SMILES string of the molecule is COC(=O)[C@]1(NC(=O)OCC2c3ccccc3-c3ccccc32)CC2C(=O)N[C@]3(C[C@H]4C(=O)N(Cc5cccc6ccccc56)[C@](C)(CC(C)C(=O)O)C(=O)N4C3)C(=O)N2C1. The molecule has 4 aromatic rings. The van der Waals surface area contributed by atoms with Gasteiger partial charge < -0.3 is 39.9 Å². The van der Waals surface area contributed by atoms with E-state index in [2.05, 4.69) is 10.6 Å². The second-order valence-electron chi connectivity index (χ2n) is 17.2. The van der Waals surface area contributed by atoms with E-state index in [1.807, 2.05) is 91.0 Å². The highest BCUT2D eigenvalue weighted by molar-refractivity contribution is 6.07. The number of carbonyl (C=O) groups is 7. The van der Waals surface area contributed by atoms with Crippen molar-refractivity contribution in [3.8, 4) is 11.1 Å². The van der Waals surface area contributed by atoms with Crippen molar-refractivity contribution in [3.63, 3.8) is 0 Å². The Balaban J connectivity index is 0.972. The van der Waals surface area contributed by atoms with E-state index in [1.54, 1.807) is 6.92 Å². The number of carboxylic acids is 1. The summed E-state index contributed by atoms with van der Waals surface area (Å²) < 4.78 is 10.9. The standard InChI is InChI=1S/C46H45N5O10/c1-26(39(54)55)19-44(2)40(56)50-24-45(21-36(50)38(53)51(44)22-28-13-10-12-27-11-4-5-14-29(27)28)41(57)49-25-46(42(58)60-3,20-35(49)37(52)47-45)48-43(59)61-23-34-32-17-8-6-15-30(32)31-16-7-9-18-33(31)34/h4-18,26,34-36H,19-25H2,1-3H3,(H,47,52)(H,48,59)(H,54,55)/t26?,35?,36-,44+,45-,46-/m0/s1. The van der Waals surface area contributed by atoms with Crippen LogP contribution in [0, 0.1) is 5.92 Å². The number of carbonyl (C=O) groups excluding carboxylic acids is 6. The molecule has 1 aliphatic carbocycles. The lowest BCUT2D eigenvalue weighted by molar-refractivity contribution is -0.170. The third-order valence-electron chi connectivity index (χ3n) is 13.5. The van der Waals surface area contributed by atoms with Crippen molar-refractivity contribution >= 4 is 52.4 Å². The predicted octanol–water partition coefficient (Wildman–Crippen LogP) is 3.57. The highest BCUT2D eigenvalue weighted by Gasteiger charge is 2.67. The number of aliphatic carboxylic acids is 1. The van der Waals surface area contributed by atoms with E-state index in [9.17, 15) is 38.7 Å². The summed E-state index contributed by atoms with van der Waals surface area (Å²) >= 11 is 0. The first-order valence-corrected chi connectivity index (χ1v) is 20.4. The minimum atomic E-state index is -1.86. The van der Waals surface area contributed by atoms with Crippen LogP contribution in [0.15, 0.2) is 91.0 Å². The summed E-state index contributed by atoms with van der Waals surface area (Å²) in [5.41, 5.74) is -0.447. The van der Waals surface area contributed by atoms with Gasteiger partial charge in [0.15, 0.2) is 5.54 Å². The summed E-state index contributed by atoms with van der Waals surface area (Å²) in [4.78, 5) is 102. The molecule has 9 rings (SSSR count). The minimum Gasteiger partial charge on any atom is -0.481 e. The molecular weight excluding hydrogens is 783 g/mol. The van der Waals surface area contributed by atoms with Gasteiger partial charge in [0, 0.05) is 25.3 Å². The van der Waals surface area contributed by atoms with Gasteiger partial charge in [-0.2, -0.15) is 0 Å². The van der Waals surface area contributed by atoms with E-state index in [1.165, 1.54) is 21.6 Å². The number of piperazine rings is 2. The molecule has 61 heavy (non-hydrogen) atoms. The maximum atomic E-state index is 14.8. The first-order chi connectivity index (χ1) is 29.2. The third-order valence-corrected chi connectivity index (χ3v) is 13.5. The molecular formula is C46H45N5O10. The number of alkyl carbamates (subject to hydrolysis) is 1. The molecule has 5 amide bonds. The zero-order chi connectivity index (χ0) is 43.0. The van der Waals surface area contributed by atoms with Gasteiger partial charge in [-0.3, -0.25) is 24.0 Å². The quantitative estimate of drug-likeness (QED) is 0.210. The molecule has 4 fully saturated rings. The molecule has 0 saturated carbocycles. The van der Waals surface area contributed by atoms with Crippen LogP contribution >= 0.6 is 0 Å². The molecule has 2 unspecified atom stereocenters. The summed E-state index contributed by atoms with van der Waals surface area (Å²) in [6.07, 6.45) is -1.71. The van der Waals surface area contributed by atoms with E-state index in [0.717, 1.165) is 45.7 Å². The normalized spacial score (nSPS) is 27.0. The molecule has 5 aliphatic rings. The zero-order valence-corrected chi connectivity index (χ0v) is 33.9. The molecule has 15 heteroatoms. The molecule has 0 bridgehead atoms. The Bertz CT molecular complexity index is 2510. The monoisotopic (exact) mass is 827 g/mol. The minimum absolute atomic E-state index is 0.0101. The van der Waals surface area contributed by atoms with Crippen LogP contribution in [0.25, 0.3) is 21.9 Å². The number of rotatable bonds is 9. The summed E-state index contributed by atoms with van der Waals surface area (Å²) in [5, 5.41) is 17.2. The number of nitrogens with zero attached hydrogens (tertiary/aromatic N) is 3. The van der Waals surface area contributed by atoms with Crippen LogP contribution in [0.4, 0.5) is 4.79 Å². The number of benzene rings is 4. The van der Waals surface area contributed by atoms with Crippen molar-refractivity contribution in [2.45, 2.75) is 74.3 Å². The van der Waals surface area contributed by atoms with Gasteiger partial charge in [-0.25, -0.2) is 9.59 Å². The van der Waals surface area contributed by atoms with Gasteiger partial charge in [0.2, 0.25) is 17.7 Å². The van der Waals surface area contributed by atoms with Crippen LogP contribution < -0.4 is 10.6 Å². The Hall–Kier alpha value is -6.77. The molecule has 15 nitrogen and oxygen atoms in total. The van der Waals surface area contributed by atoms with Gasteiger partial charge in [-0.15, -0.1) is 0 Å². The van der Waals surface area contributed by atoms with Crippen molar-refractivity contribution in [2.75, 3.05) is 26.8 Å². The van der Waals surface area contributed by atoms with E-state index >= 15 is 0 Å². The van der Waals surface area contributed by atoms with Gasteiger partial charge in [-0.05, 0) is 51.9 Å². The van der Waals surface area contributed by atoms with Crippen molar-refractivity contribution in [1.29, 1.82) is 0 Å². The fourth-order valence-electron chi connectivity index (χ4n) is 10.5. The second-order valence-corrected chi connectivity index (χ2v) is 17.2. The number of methoxy groups -OCH3 is 1. The molecule has 4 saturated heterocycles. The summed E-state index contributed by atoms with van der Waals surface area (Å²) in [6, 6.07) is 26.6. The number of carboxylic acid groups (broad SMARTS) is 1. The summed E-state index contributed by atoms with van der Waals surface area (Å²) in [5.74, 6) is -5.60. The number of hydrogen-bond acceptors (Lipinski definition) is 9. The van der Waals surface area contributed by atoms with Gasteiger partial charge >= 0.3 is 18.0 Å². The first kappa shape index (κ1) is 39.7. The lowest BCUT2D eigenvalue weighted by Gasteiger charge is -2.49. The Morgan fingerprint density at radius 1 is 0.836 bits per heavy atom. The fraction of sp³-hybridized carbons (Fsp3) is 0.370. The van der Waals surface area contributed by atoms with E-state index in [4.69, 9.17) is 9.47 Å². The smallest absolute Gasteiger partial charge is 0.408 e. The van der Waals surface area contributed by atoms with Crippen LogP contribution in [-0.4, -0.2) is 117 Å². The molecule has 0 radical (unpaired) electrons. The molecule has 4 aromatic carbocycles. The van der Waals surface area contributed by atoms with Crippen LogP contribution in [0.5, 0.6) is 0 Å². The van der Waals surface area contributed by atoms with Crippen molar-refractivity contribution in [3.05, 3.63) is 108 Å². The first-order valence-electron chi connectivity index (χ1n) is 20.4. The second kappa shape index (κ2) is 14.5. The average molecular weight is 828 g/mol. The molecule has 1 spiro atoms. The van der Waals surface area contributed by atoms with E-state index < -0.39 is 82.8 Å². The largest absolute Gasteiger partial charge is 0.481 e. The molecule has 6 atom stereocenters. The zero-order valence-electron chi connectivity index (χ0n) is 33.9. The van der Waals surface area contributed by atoms with Crippen LogP contribution in [-0.2, 0) is 44.8 Å². The molecule has 4 heterocycles. The molecule has 0 aromatic heterocycles. The van der Waals surface area contributed by atoms with Crippen molar-refractivity contribution in [2.24, 2.45) is 5.92 Å². The number of nitrogens with one attached hydrogen (secondary N) is 2. The van der Waals surface area contributed by atoms with Crippen molar-refractivity contribution in [1.82, 2.24) is 25.3 Å². The molecule has 314 valence electrons. The summed E-state index contributed by atoms with van der Waals surface area (Å²) in [6.45, 7) is 2.17. The van der Waals surface area contributed by atoms with Gasteiger partial charge in [-0.1, -0.05) is 97.9 Å². The highest BCUT2D eigenvalue weighted by Crippen LogP contribution is 2.46. The molecule has 4 aliphatic heterocycles. The van der Waals surface area contributed by atoms with Crippen LogP contribution in [0.1, 0.15) is 55.7 Å².